The number of aromatic nitrogens is 2. The van der Waals surface area contributed by atoms with Gasteiger partial charge in [-0.05, 0) is 12.0 Å². The van der Waals surface area contributed by atoms with Gasteiger partial charge < -0.3 is 19.7 Å². The maximum absolute atomic E-state index is 11.0. The number of quaternary nitrogens is 1. The summed E-state index contributed by atoms with van der Waals surface area (Å²) >= 11 is 0. The van der Waals surface area contributed by atoms with E-state index in [4.69, 9.17) is 0 Å². The Bertz CT molecular complexity index is 468. The molecule has 0 bridgehead atoms. The van der Waals surface area contributed by atoms with E-state index in [0.717, 1.165) is 31.9 Å². The second-order valence-corrected chi connectivity index (χ2v) is 5.36. The molecule has 0 aromatic carbocycles. The minimum atomic E-state index is -1.25. The molecule has 19 heavy (non-hydrogen) atoms. The van der Waals surface area contributed by atoms with Gasteiger partial charge in [0.05, 0.1) is 44.9 Å². The van der Waals surface area contributed by atoms with Gasteiger partial charge in [0.2, 0.25) is 5.95 Å². The number of hydrogen-bond acceptors (Lipinski definition) is 5. The predicted molar refractivity (Wildman–Crippen MR) is 69.3 cm³/mol. The normalized spacial score (nSPS) is 16.9. The zero-order chi connectivity index (χ0) is 14.0. The lowest BCUT2D eigenvalue weighted by Crippen LogP contribution is -3.12. The van der Waals surface area contributed by atoms with Crippen LogP contribution in [0.1, 0.15) is 35.9 Å². The number of carbonyl (C=O) groups excluding carboxylic acids is 1. The van der Waals surface area contributed by atoms with Gasteiger partial charge in [-0.3, -0.25) is 0 Å². The molecule has 0 radical (unpaired) electrons. The number of aromatic carboxylic acids is 1. The van der Waals surface area contributed by atoms with Gasteiger partial charge in [-0.2, -0.15) is 0 Å². The summed E-state index contributed by atoms with van der Waals surface area (Å²) < 4.78 is 0. The zero-order valence-electron chi connectivity index (χ0n) is 11.6. The van der Waals surface area contributed by atoms with Crippen LogP contribution >= 0.6 is 0 Å². The van der Waals surface area contributed by atoms with E-state index in [2.05, 4.69) is 17.0 Å². The van der Waals surface area contributed by atoms with Crippen LogP contribution in [0.15, 0.2) is 6.07 Å². The van der Waals surface area contributed by atoms with E-state index in [9.17, 15) is 9.90 Å². The minimum absolute atomic E-state index is 0.0278. The topological polar surface area (TPSA) is 73.6 Å². The zero-order valence-corrected chi connectivity index (χ0v) is 11.6. The molecule has 6 heteroatoms. The number of nitrogens with zero attached hydrogens (tertiary/aromatic N) is 3. The van der Waals surface area contributed by atoms with Crippen molar-refractivity contribution in [3.63, 3.8) is 0 Å². The number of anilines is 1. The Morgan fingerprint density at radius 2 is 2.00 bits per heavy atom. The van der Waals surface area contributed by atoms with Crippen molar-refractivity contribution in [1.82, 2.24) is 9.97 Å². The van der Waals surface area contributed by atoms with Crippen LogP contribution in [0.5, 0.6) is 0 Å². The second kappa shape index (κ2) is 5.52. The van der Waals surface area contributed by atoms with Gasteiger partial charge in [0.15, 0.2) is 0 Å². The molecule has 1 fully saturated rings. The minimum Gasteiger partial charge on any atom is -0.543 e. The molecule has 1 aliphatic heterocycles. The summed E-state index contributed by atoms with van der Waals surface area (Å²) in [6.45, 7) is 7.68. The van der Waals surface area contributed by atoms with Crippen molar-refractivity contribution in [2.45, 2.75) is 19.8 Å². The van der Waals surface area contributed by atoms with E-state index in [1.807, 2.05) is 18.7 Å². The van der Waals surface area contributed by atoms with E-state index in [-0.39, 0.29) is 11.6 Å². The number of piperazine rings is 1. The van der Waals surface area contributed by atoms with Gasteiger partial charge in [0, 0.05) is 5.69 Å². The molecule has 1 aromatic rings. The molecular formula is C13H20N4O2. The molecule has 104 valence electrons. The van der Waals surface area contributed by atoms with E-state index in [1.54, 1.807) is 0 Å². The van der Waals surface area contributed by atoms with Crippen molar-refractivity contribution in [2.24, 2.45) is 0 Å². The summed E-state index contributed by atoms with van der Waals surface area (Å²) in [5.41, 5.74) is 0.718. The van der Waals surface area contributed by atoms with Gasteiger partial charge in [-0.25, -0.2) is 9.97 Å². The molecule has 1 saturated heterocycles. The second-order valence-electron chi connectivity index (χ2n) is 5.36. The fourth-order valence-electron chi connectivity index (χ4n) is 2.08. The summed E-state index contributed by atoms with van der Waals surface area (Å²) in [6, 6.07) is 1.50. The van der Waals surface area contributed by atoms with Gasteiger partial charge >= 0.3 is 0 Å². The van der Waals surface area contributed by atoms with Crippen molar-refractivity contribution >= 4 is 11.9 Å². The first kappa shape index (κ1) is 13.7. The molecule has 0 spiro atoms. The highest BCUT2D eigenvalue weighted by Gasteiger charge is 2.20. The van der Waals surface area contributed by atoms with E-state index in [1.165, 1.54) is 11.0 Å². The molecule has 2 heterocycles. The lowest BCUT2D eigenvalue weighted by atomic mass is 10.1. The smallest absolute Gasteiger partial charge is 0.226 e. The maximum Gasteiger partial charge on any atom is 0.226 e. The largest absolute Gasteiger partial charge is 0.543 e. The molecule has 1 N–H and O–H groups in total. The number of hydrogen-bond donors (Lipinski definition) is 1. The van der Waals surface area contributed by atoms with Crippen molar-refractivity contribution < 1.29 is 14.8 Å². The van der Waals surface area contributed by atoms with Crippen LogP contribution in [0.4, 0.5) is 5.95 Å². The highest BCUT2D eigenvalue weighted by Crippen LogP contribution is 2.17. The summed E-state index contributed by atoms with van der Waals surface area (Å²) in [6.07, 6.45) is 0. The van der Waals surface area contributed by atoms with Crippen molar-refractivity contribution in [1.29, 1.82) is 0 Å². The van der Waals surface area contributed by atoms with E-state index in [0.29, 0.717) is 5.95 Å². The van der Waals surface area contributed by atoms with Gasteiger partial charge in [-0.15, -0.1) is 0 Å². The molecule has 0 unspecified atom stereocenters. The van der Waals surface area contributed by atoms with E-state index >= 15 is 0 Å². The third kappa shape index (κ3) is 3.20. The Kier molecular flexibility index (Phi) is 3.99. The molecule has 6 nitrogen and oxygen atoms in total. The van der Waals surface area contributed by atoms with Gasteiger partial charge in [-0.1, -0.05) is 13.8 Å². The Morgan fingerprint density at radius 1 is 1.37 bits per heavy atom. The predicted octanol–water partition coefficient (Wildman–Crippen LogP) is -1.70. The van der Waals surface area contributed by atoms with Crippen LogP contribution in [-0.4, -0.2) is 49.2 Å². The lowest BCUT2D eigenvalue weighted by molar-refractivity contribution is -0.880. The number of carboxylic acid groups (broad SMARTS) is 1. The quantitative estimate of drug-likeness (QED) is 0.704. The third-order valence-electron chi connectivity index (χ3n) is 3.43. The third-order valence-corrected chi connectivity index (χ3v) is 3.43. The summed E-state index contributed by atoms with van der Waals surface area (Å²) in [5, 5.41) is 11.0. The Balaban J connectivity index is 2.31. The fraction of sp³-hybridized carbons (Fsp3) is 0.615. The number of carboxylic acids is 1. The first-order valence-corrected chi connectivity index (χ1v) is 6.64. The van der Waals surface area contributed by atoms with Crippen LogP contribution in [-0.2, 0) is 0 Å². The first-order valence-electron chi connectivity index (χ1n) is 6.64. The van der Waals surface area contributed by atoms with Crippen LogP contribution in [0.3, 0.4) is 0 Å². The molecule has 1 aromatic heterocycles. The molecule has 0 saturated carbocycles. The standard InChI is InChI=1S/C13H20N4O2/c1-9(2)10-8-11(12(18)19)15-13(14-10)17-6-4-16(3)5-7-17/h8-9H,4-7H2,1-3H3,(H,18,19). The van der Waals surface area contributed by atoms with Crippen molar-refractivity contribution in [2.75, 3.05) is 38.1 Å². The summed E-state index contributed by atoms with van der Waals surface area (Å²) in [5.74, 6) is -0.568. The lowest BCUT2D eigenvalue weighted by Gasteiger charge is -2.30. The number of carbonyl (C=O) groups is 1. The van der Waals surface area contributed by atoms with Crippen molar-refractivity contribution in [3.8, 4) is 0 Å². The SMILES string of the molecule is CC(C)c1cc(C(=O)[O-])nc(N2CC[NH+](C)CC2)n1. The highest BCUT2D eigenvalue weighted by atomic mass is 16.4. The maximum atomic E-state index is 11.0. The average molecular weight is 264 g/mol. The molecule has 2 rings (SSSR count). The summed E-state index contributed by atoms with van der Waals surface area (Å²) in [7, 11) is 2.15. The van der Waals surface area contributed by atoms with Gasteiger partial charge in [0.1, 0.15) is 0 Å². The highest BCUT2D eigenvalue weighted by molar-refractivity contribution is 5.83. The summed E-state index contributed by atoms with van der Waals surface area (Å²) in [4.78, 5) is 23.1. The molecule has 0 amide bonds. The first-order chi connectivity index (χ1) is 8.97. The average Bonchev–Trinajstić information content (AvgIpc) is 2.39. The number of likely N-dealkylation sites (N-methyl/N-ethyl adjacent to an activating group) is 1. The fourth-order valence-corrected chi connectivity index (χ4v) is 2.08. The number of nitrogens with one attached hydrogen (secondary N) is 1. The van der Waals surface area contributed by atoms with Gasteiger partial charge in [0.25, 0.3) is 0 Å². The molecule has 0 aliphatic carbocycles. The Labute approximate surface area is 113 Å². The molecule has 0 atom stereocenters. The monoisotopic (exact) mass is 264 g/mol. The Morgan fingerprint density at radius 3 is 2.53 bits per heavy atom. The van der Waals surface area contributed by atoms with Crippen molar-refractivity contribution in [3.05, 3.63) is 17.5 Å². The molecule has 1 aliphatic rings. The Hall–Kier alpha value is -1.69. The van der Waals surface area contributed by atoms with Crippen LogP contribution in [0.2, 0.25) is 0 Å². The van der Waals surface area contributed by atoms with Crippen LogP contribution in [0, 0.1) is 0 Å². The van der Waals surface area contributed by atoms with Crippen LogP contribution < -0.4 is 14.9 Å². The molecular weight excluding hydrogens is 244 g/mol. The number of rotatable bonds is 3. The van der Waals surface area contributed by atoms with Crippen LogP contribution in [0.25, 0.3) is 0 Å². The van der Waals surface area contributed by atoms with E-state index < -0.39 is 5.97 Å².